The van der Waals surface area contributed by atoms with Crippen LogP contribution in [0.15, 0.2) is 48.7 Å². The van der Waals surface area contributed by atoms with Crippen LogP contribution in [0.2, 0.25) is 5.02 Å². The summed E-state index contributed by atoms with van der Waals surface area (Å²) < 4.78 is 0. The van der Waals surface area contributed by atoms with Crippen LogP contribution in [0.25, 0.3) is 0 Å². The maximum atomic E-state index is 11.9. The molecule has 1 atom stereocenters. The van der Waals surface area contributed by atoms with Crippen molar-refractivity contribution in [1.29, 1.82) is 0 Å². The molecule has 3 nitrogen and oxygen atoms in total. The van der Waals surface area contributed by atoms with Gasteiger partial charge in [-0.15, -0.1) is 11.6 Å². The first-order valence-corrected chi connectivity index (χ1v) is 6.09. The van der Waals surface area contributed by atoms with E-state index >= 15 is 0 Å². The number of aromatic nitrogens is 1. The largest absolute Gasteiger partial charge is 0.309 e. The summed E-state index contributed by atoms with van der Waals surface area (Å²) in [6, 6.07) is 12.3. The SMILES string of the molecule is O=C(Nc1cc(Cl)ccn1)C(Cl)c1ccccc1. The zero-order valence-corrected chi connectivity index (χ0v) is 10.8. The summed E-state index contributed by atoms with van der Waals surface area (Å²) >= 11 is 11.9. The van der Waals surface area contributed by atoms with E-state index in [4.69, 9.17) is 23.2 Å². The maximum Gasteiger partial charge on any atom is 0.248 e. The molecule has 92 valence electrons. The van der Waals surface area contributed by atoms with Crippen LogP contribution in [0, 0.1) is 0 Å². The van der Waals surface area contributed by atoms with Gasteiger partial charge in [0.25, 0.3) is 0 Å². The van der Waals surface area contributed by atoms with E-state index in [0.717, 1.165) is 5.56 Å². The van der Waals surface area contributed by atoms with Gasteiger partial charge in [-0.2, -0.15) is 0 Å². The van der Waals surface area contributed by atoms with Crippen molar-refractivity contribution in [3.8, 4) is 0 Å². The van der Waals surface area contributed by atoms with Gasteiger partial charge in [-0.05, 0) is 17.7 Å². The van der Waals surface area contributed by atoms with Crippen LogP contribution >= 0.6 is 23.2 Å². The molecule has 0 saturated carbocycles. The highest BCUT2D eigenvalue weighted by atomic mass is 35.5. The molecule has 0 bridgehead atoms. The van der Waals surface area contributed by atoms with E-state index < -0.39 is 5.38 Å². The summed E-state index contributed by atoms with van der Waals surface area (Å²) in [6.07, 6.45) is 1.52. The van der Waals surface area contributed by atoms with Gasteiger partial charge in [0.1, 0.15) is 11.2 Å². The van der Waals surface area contributed by atoms with E-state index in [2.05, 4.69) is 10.3 Å². The molecule has 0 aliphatic heterocycles. The first-order valence-electron chi connectivity index (χ1n) is 5.28. The summed E-state index contributed by atoms with van der Waals surface area (Å²) in [5.74, 6) is 0.0479. The second-order valence-electron chi connectivity index (χ2n) is 3.62. The van der Waals surface area contributed by atoms with Gasteiger partial charge in [-0.1, -0.05) is 41.9 Å². The number of rotatable bonds is 3. The van der Waals surface area contributed by atoms with E-state index in [9.17, 15) is 4.79 Å². The van der Waals surface area contributed by atoms with Gasteiger partial charge in [0.15, 0.2) is 0 Å². The molecule has 5 heteroatoms. The predicted molar refractivity (Wildman–Crippen MR) is 72.9 cm³/mol. The number of alkyl halides is 1. The standard InChI is InChI=1S/C13H10Cl2N2O/c14-10-6-7-16-11(8-10)17-13(18)12(15)9-4-2-1-3-5-9/h1-8,12H,(H,16,17,18). The van der Waals surface area contributed by atoms with Crippen molar-refractivity contribution in [1.82, 2.24) is 4.98 Å². The summed E-state index contributed by atoms with van der Waals surface area (Å²) in [6.45, 7) is 0. The molecule has 18 heavy (non-hydrogen) atoms. The van der Waals surface area contributed by atoms with Gasteiger partial charge in [0.2, 0.25) is 5.91 Å². The van der Waals surface area contributed by atoms with Gasteiger partial charge < -0.3 is 5.32 Å². The molecule has 1 unspecified atom stereocenters. The lowest BCUT2D eigenvalue weighted by atomic mass is 10.1. The summed E-state index contributed by atoms with van der Waals surface area (Å²) in [4.78, 5) is 15.9. The highest BCUT2D eigenvalue weighted by Gasteiger charge is 2.17. The van der Waals surface area contributed by atoms with Gasteiger partial charge in [-0.25, -0.2) is 4.98 Å². The molecule has 1 heterocycles. The smallest absolute Gasteiger partial charge is 0.248 e. The Balaban J connectivity index is 2.09. The van der Waals surface area contributed by atoms with Crippen LogP contribution in [0.3, 0.4) is 0 Å². The Kier molecular flexibility index (Phi) is 4.18. The van der Waals surface area contributed by atoms with E-state index in [1.807, 2.05) is 18.2 Å². The maximum absolute atomic E-state index is 11.9. The Bertz CT molecular complexity index is 546. The van der Waals surface area contributed by atoms with Gasteiger partial charge in [-0.3, -0.25) is 4.79 Å². The topological polar surface area (TPSA) is 42.0 Å². The number of hydrogen-bond donors (Lipinski definition) is 1. The van der Waals surface area contributed by atoms with E-state index in [1.165, 1.54) is 6.20 Å². The van der Waals surface area contributed by atoms with Crippen LogP contribution in [-0.2, 0) is 4.79 Å². The number of nitrogens with zero attached hydrogens (tertiary/aromatic N) is 1. The monoisotopic (exact) mass is 280 g/mol. The van der Waals surface area contributed by atoms with E-state index in [1.54, 1.807) is 24.3 Å². The molecule has 0 saturated heterocycles. The van der Waals surface area contributed by atoms with Gasteiger partial charge >= 0.3 is 0 Å². The number of amides is 1. The third-order valence-electron chi connectivity index (χ3n) is 2.30. The molecule has 1 N–H and O–H groups in total. The minimum Gasteiger partial charge on any atom is -0.309 e. The normalized spacial score (nSPS) is 11.9. The number of anilines is 1. The van der Waals surface area contributed by atoms with Crippen molar-refractivity contribution in [2.75, 3.05) is 5.32 Å². The Morgan fingerprint density at radius 1 is 1.22 bits per heavy atom. The van der Waals surface area contributed by atoms with Crippen LogP contribution in [0.4, 0.5) is 5.82 Å². The first-order chi connectivity index (χ1) is 8.66. The summed E-state index contributed by atoms with van der Waals surface area (Å²) in [7, 11) is 0. The number of carbonyl (C=O) groups excluding carboxylic acids is 1. The Hall–Kier alpha value is -1.58. The Morgan fingerprint density at radius 2 is 1.94 bits per heavy atom. The molecule has 1 aromatic carbocycles. The highest BCUT2D eigenvalue weighted by Crippen LogP contribution is 2.22. The molecule has 2 rings (SSSR count). The van der Waals surface area contributed by atoms with Gasteiger partial charge in [0, 0.05) is 11.2 Å². The molecule has 0 radical (unpaired) electrons. The highest BCUT2D eigenvalue weighted by molar-refractivity contribution is 6.33. The molecule has 2 aromatic rings. The average molecular weight is 281 g/mol. The Morgan fingerprint density at radius 3 is 2.61 bits per heavy atom. The molecule has 0 spiro atoms. The molecule has 1 amide bonds. The molecule has 1 aromatic heterocycles. The third-order valence-corrected chi connectivity index (χ3v) is 2.98. The fourth-order valence-corrected chi connectivity index (χ4v) is 1.80. The van der Waals surface area contributed by atoms with Crippen molar-refractivity contribution < 1.29 is 4.79 Å². The summed E-state index contributed by atoms with van der Waals surface area (Å²) in [5.41, 5.74) is 0.735. The summed E-state index contributed by atoms with van der Waals surface area (Å²) in [5, 5.41) is 2.36. The lowest BCUT2D eigenvalue weighted by Crippen LogP contribution is -2.17. The number of pyridine rings is 1. The van der Waals surface area contributed by atoms with E-state index in [0.29, 0.717) is 10.8 Å². The van der Waals surface area contributed by atoms with E-state index in [-0.39, 0.29) is 5.91 Å². The molecular formula is C13H10Cl2N2O. The van der Waals surface area contributed by atoms with Crippen molar-refractivity contribution in [2.24, 2.45) is 0 Å². The number of halogens is 2. The van der Waals surface area contributed by atoms with Gasteiger partial charge in [0.05, 0.1) is 0 Å². The number of hydrogen-bond acceptors (Lipinski definition) is 2. The number of benzene rings is 1. The lowest BCUT2D eigenvalue weighted by molar-refractivity contribution is -0.116. The van der Waals surface area contributed by atoms with Crippen molar-refractivity contribution in [2.45, 2.75) is 5.38 Å². The average Bonchev–Trinajstić information content (AvgIpc) is 2.39. The Labute approximate surface area is 115 Å². The predicted octanol–water partition coefficient (Wildman–Crippen LogP) is 3.65. The second-order valence-corrected chi connectivity index (χ2v) is 4.49. The fourth-order valence-electron chi connectivity index (χ4n) is 1.44. The zero-order valence-electron chi connectivity index (χ0n) is 9.31. The first kappa shape index (κ1) is 12.9. The molecule has 0 aliphatic carbocycles. The molecule has 0 aliphatic rings. The van der Waals surface area contributed by atoms with Crippen LogP contribution in [0.5, 0.6) is 0 Å². The fraction of sp³-hybridized carbons (Fsp3) is 0.0769. The number of carbonyl (C=O) groups is 1. The minimum absolute atomic E-state index is 0.336. The van der Waals surface area contributed by atoms with Crippen molar-refractivity contribution in [3.05, 3.63) is 59.2 Å². The van der Waals surface area contributed by atoms with Crippen molar-refractivity contribution in [3.63, 3.8) is 0 Å². The zero-order chi connectivity index (χ0) is 13.0. The molecular weight excluding hydrogens is 271 g/mol. The quantitative estimate of drug-likeness (QED) is 0.872. The molecule has 0 fully saturated rings. The third kappa shape index (κ3) is 3.22. The van der Waals surface area contributed by atoms with Crippen molar-refractivity contribution >= 4 is 34.9 Å². The second kappa shape index (κ2) is 5.85. The van der Waals surface area contributed by atoms with Crippen LogP contribution in [0.1, 0.15) is 10.9 Å². The van der Waals surface area contributed by atoms with Crippen LogP contribution < -0.4 is 5.32 Å². The van der Waals surface area contributed by atoms with Crippen LogP contribution in [-0.4, -0.2) is 10.9 Å². The number of nitrogens with one attached hydrogen (secondary N) is 1. The minimum atomic E-state index is -0.757. The lowest BCUT2D eigenvalue weighted by Gasteiger charge is -2.10.